The van der Waals surface area contributed by atoms with Crippen molar-refractivity contribution < 1.29 is 14.3 Å². The number of benzene rings is 3. The summed E-state index contributed by atoms with van der Waals surface area (Å²) in [6.07, 6.45) is 2.33. The zero-order valence-corrected chi connectivity index (χ0v) is 20.8. The molecule has 0 radical (unpaired) electrons. The van der Waals surface area contributed by atoms with E-state index in [1.807, 2.05) is 72.8 Å². The van der Waals surface area contributed by atoms with Gasteiger partial charge in [-0.05, 0) is 68.3 Å². The van der Waals surface area contributed by atoms with Crippen LogP contribution in [0.4, 0.5) is 11.5 Å². The van der Waals surface area contributed by atoms with E-state index in [0.717, 1.165) is 33.8 Å². The maximum absolute atomic E-state index is 12.9. The van der Waals surface area contributed by atoms with Crippen molar-refractivity contribution >= 4 is 34.1 Å². The molecule has 5 rings (SSSR count). The lowest BCUT2D eigenvalue weighted by Crippen LogP contribution is -2.25. The summed E-state index contributed by atoms with van der Waals surface area (Å²) in [4.78, 5) is 17.6. The van der Waals surface area contributed by atoms with Crippen LogP contribution in [-0.2, 0) is 6.42 Å². The molecule has 0 saturated carbocycles. The number of rotatable bonds is 10. The molecule has 0 unspecified atom stereocenters. The van der Waals surface area contributed by atoms with Gasteiger partial charge in [0.15, 0.2) is 17.3 Å². The van der Waals surface area contributed by atoms with Gasteiger partial charge in [0.2, 0.25) is 5.65 Å². The molecule has 9 heteroatoms. The molecule has 1 amide bonds. The molecule has 0 spiro atoms. The minimum Gasteiger partial charge on any atom is -0.490 e. The number of carbonyl (C=O) groups excluding carboxylic acids is 1. The zero-order valence-electron chi connectivity index (χ0n) is 20.8. The van der Waals surface area contributed by atoms with Crippen molar-refractivity contribution in [2.45, 2.75) is 20.3 Å². The van der Waals surface area contributed by atoms with E-state index in [1.165, 1.54) is 0 Å². The van der Waals surface area contributed by atoms with Gasteiger partial charge in [0.1, 0.15) is 6.33 Å². The highest BCUT2D eigenvalue weighted by molar-refractivity contribution is 5.95. The van der Waals surface area contributed by atoms with E-state index >= 15 is 0 Å². The fourth-order valence-corrected chi connectivity index (χ4v) is 4.14. The predicted molar refractivity (Wildman–Crippen MR) is 143 cm³/mol. The van der Waals surface area contributed by atoms with Gasteiger partial charge in [-0.2, -0.15) is 0 Å². The second-order valence-corrected chi connectivity index (χ2v) is 8.33. The lowest BCUT2D eigenvalue weighted by Gasteiger charge is -2.13. The number of hydrogen-bond donors (Lipinski definition) is 2. The number of anilines is 2. The number of nitrogens with one attached hydrogen (secondary N) is 2. The second kappa shape index (κ2) is 10.9. The molecule has 37 heavy (non-hydrogen) atoms. The van der Waals surface area contributed by atoms with Crippen molar-refractivity contribution in [3.63, 3.8) is 0 Å². The largest absolute Gasteiger partial charge is 0.490 e. The maximum atomic E-state index is 12.9. The highest BCUT2D eigenvalue weighted by Crippen LogP contribution is 2.29. The van der Waals surface area contributed by atoms with Crippen LogP contribution in [0.2, 0.25) is 0 Å². The molecule has 9 nitrogen and oxygen atoms in total. The third kappa shape index (κ3) is 5.30. The monoisotopic (exact) mass is 496 g/mol. The maximum Gasteiger partial charge on any atom is 0.251 e. The Labute approximate surface area is 214 Å². The third-order valence-corrected chi connectivity index (χ3v) is 5.83. The van der Waals surface area contributed by atoms with Crippen LogP contribution >= 0.6 is 0 Å². The van der Waals surface area contributed by atoms with Gasteiger partial charge in [-0.3, -0.25) is 9.20 Å². The van der Waals surface area contributed by atoms with E-state index in [9.17, 15) is 4.79 Å². The van der Waals surface area contributed by atoms with Gasteiger partial charge >= 0.3 is 0 Å². The fourth-order valence-electron chi connectivity index (χ4n) is 4.14. The molecule has 2 N–H and O–H groups in total. The fraction of sp³-hybridized carbons (Fsp3) is 0.214. The van der Waals surface area contributed by atoms with Crippen molar-refractivity contribution in [1.29, 1.82) is 0 Å². The van der Waals surface area contributed by atoms with Crippen LogP contribution in [0.25, 0.3) is 16.7 Å². The van der Waals surface area contributed by atoms with E-state index in [4.69, 9.17) is 14.5 Å². The Balaban J connectivity index is 1.26. The number of ether oxygens (including phenoxy) is 2. The van der Waals surface area contributed by atoms with E-state index in [0.29, 0.717) is 43.2 Å². The molecule has 0 atom stereocenters. The number of fused-ring (bicyclic) bond motifs is 3. The lowest BCUT2D eigenvalue weighted by atomic mass is 10.1. The van der Waals surface area contributed by atoms with Crippen LogP contribution in [0.3, 0.4) is 0 Å². The van der Waals surface area contributed by atoms with Crippen LogP contribution in [0.1, 0.15) is 29.8 Å². The highest BCUT2D eigenvalue weighted by Gasteiger charge is 2.12. The van der Waals surface area contributed by atoms with Gasteiger partial charge in [0.25, 0.3) is 5.91 Å². The van der Waals surface area contributed by atoms with Gasteiger partial charge in [-0.15, -0.1) is 10.2 Å². The summed E-state index contributed by atoms with van der Waals surface area (Å²) in [7, 11) is 0. The average molecular weight is 497 g/mol. The van der Waals surface area contributed by atoms with Crippen LogP contribution in [0.5, 0.6) is 11.5 Å². The van der Waals surface area contributed by atoms with E-state index in [1.54, 1.807) is 18.5 Å². The van der Waals surface area contributed by atoms with Gasteiger partial charge in [-0.1, -0.05) is 24.3 Å². The number of aromatic nitrogens is 4. The second-order valence-electron chi connectivity index (χ2n) is 8.33. The summed E-state index contributed by atoms with van der Waals surface area (Å²) >= 11 is 0. The molecule has 2 aromatic heterocycles. The lowest BCUT2D eigenvalue weighted by molar-refractivity contribution is 0.0954. The number of carbonyl (C=O) groups is 1. The molecule has 0 aliphatic rings. The molecule has 188 valence electrons. The molecule has 0 bridgehead atoms. The van der Waals surface area contributed by atoms with Crippen LogP contribution in [0, 0.1) is 0 Å². The molecule has 2 heterocycles. The summed E-state index contributed by atoms with van der Waals surface area (Å²) in [6, 6.07) is 21.0. The van der Waals surface area contributed by atoms with E-state index in [2.05, 4.69) is 20.8 Å². The van der Waals surface area contributed by atoms with Gasteiger partial charge in [-0.25, -0.2) is 4.98 Å². The van der Waals surface area contributed by atoms with E-state index < -0.39 is 0 Å². The molecule has 0 aliphatic heterocycles. The molecule has 3 aromatic carbocycles. The summed E-state index contributed by atoms with van der Waals surface area (Å²) in [5, 5.41) is 14.6. The Morgan fingerprint density at radius 3 is 2.65 bits per heavy atom. The Morgan fingerprint density at radius 2 is 1.78 bits per heavy atom. The minimum atomic E-state index is -0.154. The Hall–Kier alpha value is -4.66. The molecule has 0 saturated heterocycles. The molecule has 5 aromatic rings. The Morgan fingerprint density at radius 1 is 0.946 bits per heavy atom. The number of para-hydroxylation sites is 2. The topological polar surface area (TPSA) is 103 Å². The normalized spacial score (nSPS) is 11.0. The summed E-state index contributed by atoms with van der Waals surface area (Å²) in [5.74, 6) is 1.86. The number of nitrogens with zero attached hydrogens (tertiary/aromatic N) is 4. The van der Waals surface area contributed by atoms with E-state index in [-0.39, 0.29) is 5.91 Å². The van der Waals surface area contributed by atoms with Crippen LogP contribution in [0.15, 0.2) is 73.1 Å². The average Bonchev–Trinajstić information content (AvgIpc) is 3.41. The molecule has 0 aliphatic carbocycles. The van der Waals surface area contributed by atoms with Crippen molar-refractivity contribution in [3.8, 4) is 11.5 Å². The van der Waals surface area contributed by atoms with Gasteiger partial charge in [0.05, 0.1) is 24.2 Å². The molecular formula is C28H28N6O3. The summed E-state index contributed by atoms with van der Waals surface area (Å²) in [5.41, 5.74) is 4.67. The quantitative estimate of drug-likeness (QED) is 0.287. The van der Waals surface area contributed by atoms with Crippen molar-refractivity contribution in [3.05, 3.63) is 84.2 Å². The highest BCUT2D eigenvalue weighted by atomic mass is 16.5. The first kappa shape index (κ1) is 24.1. The summed E-state index contributed by atoms with van der Waals surface area (Å²) in [6.45, 7) is 5.50. The zero-order chi connectivity index (χ0) is 25.6. The minimum absolute atomic E-state index is 0.154. The first-order chi connectivity index (χ1) is 18.2. The van der Waals surface area contributed by atoms with Crippen molar-refractivity contribution in [1.82, 2.24) is 24.9 Å². The Kier molecular flexibility index (Phi) is 7.12. The number of hydrogen-bond acceptors (Lipinski definition) is 7. The van der Waals surface area contributed by atoms with Gasteiger partial charge in [0, 0.05) is 17.8 Å². The van der Waals surface area contributed by atoms with Crippen LogP contribution < -0.4 is 20.1 Å². The summed E-state index contributed by atoms with van der Waals surface area (Å²) < 4.78 is 13.2. The predicted octanol–water partition coefficient (Wildman–Crippen LogP) is 4.79. The van der Waals surface area contributed by atoms with Gasteiger partial charge < -0.3 is 20.1 Å². The Bertz CT molecular complexity index is 1550. The first-order valence-electron chi connectivity index (χ1n) is 12.3. The smallest absolute Gasteiger partial charge is 0.251 e. The van der Waals surface area contributed by atoms with Crippen molar-refractivity contribution in [2.75, 3.05) is 25.1 Å². The molecule has 0 fully saturated rings. The van der Waals surface area contributed by atoms with Crippen LogP contribution in [-0.4, -0.2) is 45.2 Å². The molecular weight excluding hydrogens is 468 g/mol. The third-order valence-electron chi connectivity index (χ3n) is 5.83. The first-order valence-corrected chi connectivity index (χ1v) is 12.3. The van der Waals surface area contributed by atoms with Crippen molar-refractivity contribution in [2.24, 2.45) is 0 Å². The number of amides is 1. The standard InChI is InChI=1S/C28H28N6O3/c1-3-36-24-13-12-19(16-25(24)37-4-2)14-15-29-28(35)20-8-7-9-21(17-20)31-26-27-33-30-18-34(27)23-11-6-5-10-22(23)32-26/h5-13,16-18H,3-4,14-15H2,1-2H3,(H,29,35)(H,31,32). The SMILES string of the molecule is CCOc1ccc(CCNC(=O)c2cccc(Nc3nc4ccccc4n4cnnc34)c2)cc1OCC.